The maximum absolute atomic E-state index is 12.0. The largest absolute Gasteiger partial charge is 0.444 e. The van der Waals surface area contributed by atoms with E-state index >= 15 is 0 Å². The van der Waals surface area contributed by atoms with Crippen LogP contribution in [0.5, 0.6) is 0 Å². The van der Waals surface area contributed by atoms with Crippen molar-refractivity contribution in [3.63, 3.8) is 0 Å². The molecule has 17 heavy (non-hydrogen) atoms. The number of nitrogens with one attached hydrogen (secondary N) is 1. The molecule has 2 unspecified atom stereocenters. The summed E-state index contributed by atoms with van der Waals surface area (Å²) in [6.07, 6.45) is 0.976. The standard InChI is InChI=1S/C13H24N2O2/c1-5-13-8-14-6-10(13)7-15(9-13)11(16)17-12(2,3)4/h10,14H,5-9H2,1-4H3. The number of fused-ring (bicyclic) bond motifs is 1. The molecule has 0 spiro atoms. The van der Waals surface area contributed by atoms with E-state index in [1.54, 1.807) is 0 Å². The van der Waals surface area contributed by atoms with Crippen LogP contribution in [0, 0.1) is 11.3 Å². The molecule has 2 fully saturated rings. The Balaban J connectivity index is 2.00. The van der Waals surface area contributed by atoms with Crippen molar-refractivity contribution < 1.29 is 9.53 Å². The fourth-order valence-electron chi connectivity index (χ4n) is 3.00. The Hall–Kier alpha value is -0.770. The second-order valence-corrected chi connectivity index (χ2v) is 6.40. The lowest BCUT2D eigenvalue weighted by Crippen LogP contribution is -2.38. The smallest absolute Gasteiger partial charge is 0.410 e. The maximum Gasteiger partial charge on any atom is 0.410 e. The first-order chi connectivity index (χ1) is 7.86. The van der Waals surface area contributed by atoms with Gasteiger partial charge in [-0.2, -0.15) is 0 Å². The molecule has 0 aliphatic carbocycles. The number of ether oxygens (including phenoxy) is 1. The van der Waals surface area contributed by atoms with E-state index in [0.29, 0.717) is 5.92 Å². The summed E-state index contributed by atoms with van der Waals surface area (Å²) < 4.78 is 5.44. The second kappa shape index (κ2) is 4.16. The van der Waals surface area contributed by atoms with Crippen molar-refractivity contribution in [3.8, 4) is 0 Å². The first kappa shape index (κ1) is 12.7. The Morgan fingerprint density at radius 3 is 2.76 bits per heavy atom. The highest BCUT2D eigenvalue weighted by molar-refractivity contribution is 5.68. The van der Waals surface area contributed by atoms with Crippen LogP contribution < -0.4 is 5.32 Å². The zero-order valence-electron chi connectivity index (χ0n) is 11.4. The summed E-state index contributed by atoms with van der Waals surface area (Å²) in [6, 6.07) is 0. The summed E-state index contributed by atoms with van der Waals surface area (Å²) in [5.41, 5.74) is -0.108. The highest BCUT2D eigenvalue weighted by atomic mass is 16.6. The molecule has 4 heteroatoms. The normalized spacial score (nSPS) is 32.7. The second-order valence-electron chi connectivity index (χ2n) is 6.40. The lowest BCUT2D eigenvalue weighted by Gasteiger charge is -2.27. The van der Waals surface area contributed by atoms with Crippen LogP contribution in [0.25, 0.3) is 0 Å². The van der Waals surface area contributed by atoms with Crippen molar-refractivity contribution in [1.29, 1.82) is 0 Å². The average Bonchev–Trinajstić information content (AvgIpc) is 2.70. The molecule has 0 radical (unpaired) electrons. The van der Waals surface area contributed by atoms with E-state index < -0.39 is 5.60 Å². The average molecular weight is 240 g/mol. The summed E-state index contributed by atoms with van der Waals surface area (Å²) in [7, 11) is 0. The van der Waals surface area contributed by atoms with Crippen LogP contribution in [0.4, 0.5) is 4.79 Å². The van der Waals surface area contributed by atoms with Crippen molar-refractivity contribution in [2.45, 2.75) is 39.7 Å². The molecule has 2 aliphatic heterocycles. The fraction of sp³-hybridized carbons (Fsp3) is 0.923. The van der Waals surface area contributed by atoms with E-state index in [0.717, 1.165) is 32.6 Å². The van der Waals surface area contributed by atoms with Crippen LogP contribution in [0.1, 0.15) is 34.1 Å². The molecule has 0 saturated carbocycles. The SMILES string of the molecule is CCC12CNCC1CN(C(=O)OC(C)(C)C)C2. The molecule has 2 saturated heterocycles. The zero-order chi connectivity index (χ0) is 12.7. The predicted molar refractivity (Wildman–Crippen MR) is 66.9 cm³/mol. The van der Waals surface area contributed by atoms with Crippen LogP contribution in [-0.4, -0.2) is 42.8 Å². The minimum absolute atomic E-state index is 0.153. The minimum atomic E-state index is -0.396. The van der Waals surface area contributed by atoms with Gasteiger partial charge in [0.25, 0.3) is 0 Å². The number of carbonyl (C=O) groups is 1. The number of amides is 1. The van der Waals surface area contributed by atoms with Crippen molar-refractivity contribution in [2.24, 2.45) is 11.3 Å². The van der Waals surface area contributed by atoms with Gasteiger partial charge in [-0.05, 0) is 33.1 Å². The molecule has 0 aromatic heterocycles. The van der Waals surface area contributed by atoms with Gasteiger partial charge in [0.05, 0.1) is 0 Å². The van der Waals surface area contributed by atoms with Crippen molar-refractivity contribution >= 4 is 6.09 Å². The van der Waals surface area contributed by atoms with E-state index in [4.69, 9.17) is 4.74 Å². The third-order valence-electron chi connectivity index (χ3n) is 4.04. The molecule has 2 heterocycles. The van der Waals surface area contributed by atoms with E-state index in [-0.39, 0.29) is 11.5 Å². The monoisotopic (exact) mass is 240 g/mol. The first-order valence-corrected chi connectivity index (χ1v) is 6.55. The summed E-state index contributed by atoms with van der Waals surface area (Å²) in [6.45, 7) is 11.7. The van der Waals surface area contributed by atoms with Gasteiger partial charge >= 0.3 is 6.09 Å². The first-order valence-electron chi connectivity index (χ1n) is 6.55. The summed E-state index contributed by atoms with van der Waals surface area (Å²) in [5.74, 6) is 0.597. The Bertz CT molecular complexity index is 311. The summed E-state index contributed by atoms with van der Waals surface area (Å²) >= 11 is 0. The van der Waals surface area contributed by atoms with Gasteiger partial charge in [0, 0.05) is 31.6 Å². The predicted octanol–water partition coefficient (Wildman–Crippen LogP) is 1.85. The molecule has 98 valence electrons. The Labute approximate surface area is 104 Å². The molecular weight excluding hydrogens is 216 g/mol. The van der Waals surface area contributed by atoms with Gasteiger partial charge in [0.1, 0.15) is 5.60 Å². The van der Waals surface area contributed by atoms with E-state index in [1.807, 2.05) is 25.7 Å². The number of hydrogen-bond acceptors (Lipinski definition) is 3. The summed E-state index contributed by atoms with van der Waals surface area (Å²) in [5, 5.41) is 3.44. The Morgan fingerprint density at radius 2 is 2.24 bits per heavy atom. The van der Waals surface area contributed by atoms with E-state index in [9.17, 15) is 4.79 Å². The van der Waals surface area contributed by atoms with Crippen LogP contribution in [0.15, 0.2) is 0 Å². The Morgan fingerprint density at radius 1 is 1.53 bits per heavy atom. The van der Waals surface area contributed by atoms with Crippen molar-refractivity contribution in [2.75, 3.05) is 26.2 Å². The third kappa shape index (κ3) is 2.41. The molecule has 0 aromatic carbocycles. The molecule has 2 atom stereocenters. The van der Waals surface area contributed by atoms with Crippen LogP contribution in [0.3, 0.4) is 0 Å². The molecule has 4 nitrogen and oxygen atoms in total. The van der Waals surface area contributed by atoms with Gasteiger partial charge in [-0.1, -0.05) is 6.92 Å². The van der Waals surface area contributed by atoms with Gasteiger partial charge in [-0.15, -0.1) is 0 Å². The van der Waals surface area contributed by atoms with Gasteiger partial charge < -0.3 is 15.0 Å². The zero-order valence-corrected chi connectivity index (χ0v) is 11.4. The molecule has 1 N–H and O–H groups in total. The molecule has 0 bridgehead atoms. The third-order valence-corrected chi connectivity index (χ3v) is 4.04. The number of likely N-dealkylation sites (tertiary alicyclic amines) is 1. The molecule has 0 aromatic rings. The van der Waals surface area contributed by atoms with Gasteiger partial charge in [-0.3, -0.25) is 0 Å². The highest BCUT2D eigenvalue weighted by Crippen LogP contribution is 2.41. The van der Waals surface area contributed by atoms with Gasteiger partial charge in [-0.25, -0.2) is 4.79 Å². The fourth-order valence-corrected chi connectivity index (χ4v) is 3.00. The Kier molecular flexibility index (Phi) is 3.10. The van der Waals surface area contributed by atoms with Crippen LogP contribution in [-0.2, 0) is 4.74 Å². The number of carbonyl (C=O) groups excluding carboxylic acids is 1. The van der Waals surface area contributed by atoms with Crippen molar-refractivity contribution in [3.05, 3.63) is 0 Å². The van der Waals surface area contributed by atoms with E-state index in [1.165, 1.54) is 0 Å². The number of hydrogen-bond donors (Lipinski definition) is 1. The van der Waals surface area contributed by atoms with Crippen LogP contribution >= 0.6 is 0 Å². The number of nitrogens with zero attached hydrogens (tertiary/aromatic N) is 1. The molecule has 1 amide bonds. The minimum Gasteiger partial charge on any atom is -0.444 e. The maximum atomic E-state index is 12.0. The van der Waals surface area contributed by atoms with Gasteiger partial charge in [0.2, 0.25) is 0 Å². The molecule has 2 rings (SSSR count). The van der Waals surface area contributed by atoms with Gasteiger partial charge in [0.15, 0.2) is 0 Å². The number of rotatable bonds is 1. The molecular formula is C13H24N2O2. The summed E-state index contributed by atoms with van der Waals surface area (Å²) in [4.78, 5) is 13.9. The van der Waals surface area contributed by atoms with Crippen molar-refractivity contribution in [1.82, 2.24) is 10.2 Å². The highest BCUT2D eigenvalue weighted by Gasteiger charge is 2.50. The topological polar surface area (TPSA) is 41.6 Å². The lowest BCUT2D eigenvalue weighted by molar-refractivity contribution is 0.0269. The van der Waals surface area contributed by atoms with E-state index in [2.05, 4.69) is 12.2 Å². The quantitative estimate of drug-likeness (QED) is 0.760. The van der Waals surface area contributed by atoms with Crippen LogP contribution in [0.2, 0.25) is 0 Å². The lowest BCUT2D eigenvalue weighted by atomic mass is 9.79. The molecule has 2 aliphatic rings.